The number of hydrogen-bond acceptors (Lipinski definition) is 8. The van der Waals surface area contributed by atoms with Gasteiger partial charge in [-0.05, 0) is 35.0 Å². The Balaban J connectivity index is 1.31. The topological polar surface area (TPSA) is 87.0 Å². The molecule has 4 aliphatic heterocycles. The van der Waals surface area contributed by atoms with Gasteiger partial charge in [-0.2, -0.15) is 0 Å². The maximum atomic E-state index is 6.55. The maximum absolute atomic E-state index is 6.55. The van der Waals surface area contributed by atoms with Crippen LogP contribution in [0.25, 0.3) is 32.7 Å². The summed E-state index contributed by atoms with van der Waals surface area (Å²) in [6, 6.07) is 20.5. The van der Waals surface area contributed by atoms with Crippen LogP contribution in [0.5, 0.6) is 23.0 Å². The number of fused-ring (bicyclic) bond motifs is 2. The Bertz CT molecular complexity index is 1550. The van der Waals surface area contributed by atoms with Gasteiger partial charge in [0.15, 0.2) is 0 Å². The lowest BCUT2D eigenvalue weighted by Gasteiger charge is -2.21. The van der Waals surface area contributed by atoms with Gasteiger partial charge >= 0.3 is 0 Å². The fourth-order valence-corrected chi connectivity index (χ4v) is 4.93. The number of benzene rings is 4. The molecule has 4 aromatic rings. The second-order valence-electron chi connectivity index (χ2n) is 10.7. The van der Waals surface area contributed by atoms with E-state index in [0.29, 0.717) is 33.0 Å². The van der Waals surface area contributed by atoms with E-state index in [1.54, 1.807) is 0 Å². The highest BCUT2D eigenvalue weighted by Gasteiger charge is 2.29. The molecule has 4 aromatic carbocycles. The van der Waals surface area contributed by atoms with E-state index in [1.165, 1.54) is 0 Å². The molecule has 0 radical (unpaired) electrons. The Hall–Kier alpha value is -3.56. The van der Waals surface area contributed by atoms with Crippen LogP contribution < -0.4 is 18.9 Å². The lowest BCUT2D eigenvalue weighted by molar-refractivity contribution is 0.260. The number of rotatable bonds is 13. The molecule has 4 aliphatic rings. The minimum Gasteiger partial charge on any atom is -0.491 e. The van der Waals surface area contributed by atoms with Crippen molar-refractivity contribution in [1.29, 1.82) is 0 Å². The largest absolute Gasteiger partial charge is 0.491 e. The molecule has 8 rings (SSSR count). The van der Waals surface area contributed by atoms with Gasteiger partial charge in [0, 0.05) is 21.9 Å². The van der Waals surface area contributed by atoms with Crippen LogP contribution in [0.1, 0.15) is 0 Å². The zero-order valence-corrected chi connectivity index (χ0v) is 22.0. The summed E-state index contributed by atoms with van der Waals surface area (Å²) in [5.74, 6) is 3.09. The van der Waals surface area contributed by atoms with Gasteiger partial charge in [0.25, 0.3) is 0 Å². The zero-order chi connectivity index (χ0) is 26.5. The van der Waals surface area contributed by atoms with E-state index < -0.39 is 0 Å². The van der Waals surface area contributed by atoms with Gasteiger partial charge in [0.1, 0.15) is 73.8 Å². The first-order valence-electron chi connectivity index (χ1n) is 13.9. The second-order valence-corrected chi connectivity index (χ2v) is 10.7. The molecule has 4 heterocycles. The van der Waals surface area contributed by atoms with Gasteiger partial charge in [-0.25, -0.2) is 0 Å². The third-order valence-corrected chi connectivity index (χ3v) is 7.49. The van der Waals surface area contributed by atoms with Crippen LogP contribution in [0.3, 0.4) is 0 Å². The van der Waals surface area contributed by atoms with Crippen LogP contribution in [0, 0.1) is 0 Å². The van der Waals surface area contributed by atoms with Crippen LogP contribution in [-0.2, 0) is 18.9 Å². The molecule has 0 aromatic heterocycles. The Morgan fingerprint density at radius 2 is 1.12 bits per heavy atom. The highest BCUT2D eigenvalue weighted by molar-refractivity contribution is 6.07. The van der Waals surface area contributed by atoms with E-state index >= 15 is 0 Å². The Morgan fingerprint density at radius 3 is 1.80 bits per heavy atom. The summed E-state index contributed by atoms with van der Waals surface area (Å²) >= 11 is 0. The summed E-state index contributed by atoms with van der Waals surface area (Å²) in [4.78, 5) is 0. The monoisotopic (exact) mass is 542 g/mol. The standard InChI is InChI=1S/C32H30O8/c1-2-4-26-25(3-1)30(39-17-23-14-36-23)10-28(32(26)40-18-24-15-37-24)31-27-9-20(33-11-21-12-34-21)7-5-19(27)6-8-29(31)38-16-22-13-35-22/h1-10,21-24H,11-18H2. The van der Waals surface area contributed by atoms with Gasteiger partial charge < -0.3 is 37.9 Å². The van der Waals surface area contributed by atoms with E-state index in [2.05, 4.69) is 36.4 Å². The Labute approximate surface area is 231 Å². The quantitative estimate of drug-likeness (QED) is 0.223. The third kappa shape index (κ3) is 5.28. The Morgan fingerprint density at radius 1 is 0.550 bits per heavy atom. The van der Waals surface area contributed by atoms with Gasteiger partial charge in [0.2, 0.25) is 0 Å². The van der Waals surface area contributed by atoms with Crippen molar-refractivity contribution in [3.05, 3.63) is 60.7 Å². The number of ether oxygens (including phenoxy) is 8. The molecular weight excluding hydrogens is 512 g/mol. The van der Waals surface area contributed by atoms with Crippen molar-refractivity contribution in [2.75, 3.05) is 52.9 Å². The summed E-state index contributed by atoms with van der Waals surface area (Å²) < 4.78 is 47.1. The lowest BCUT2D eigenvalue weighted by atomic mass is 9.93. The first-order valence-corrected chi connectivity index (χ1v) is 13.9. The minimum atomic E-state index is 0.106. The van der Waals surface area contributed by atoms with Crippen molar-refractivity contribution >= 4 is 21.5 Å². The molecule has 206 valence electrons. The first-order chi connectivity index (χ1) is 19.8. The summed E-state index contributed by atoms with van der Waals surface area (Å²) in [6.45, 7) is 4.89. The fraction of sp³-hybridized carbons (Fsp3) is 0.375. The Kier molecular flexibility index (Phi) is 6.14. The van der Waals surface area contributed by atoms with Crippen LogP contribution in [0.15, 0.2) is 60.7 Å². The molecule has 0 aliphatic carbocycles. The average molecular weight is 543 g/mol. The van der Waals surface area contributed by atoms with E-state index in [4.69, 9.17) is 37.9 Å². The third-order valence-electron chi connectivity index (χ3n) is 7.49. The van der Waals surface area contributed by atoms with E-state index in [-0.39, 0.29) is 24.4 Å². The summed E-state index contributed by atoms with van der Waals surface area (Å²) in [6.07, 6.45) is 0.530. The molecule has 8 heteroatoms. The van der Waals surface area contributed by atoms with E-state index in [1.807, 2.05) is 24.3 Å². The normalized spacial score (nSPS) is 24.1. The number of hydrogen-bond donors (Lipinski definition) is 0. The van der Waals surface area contributed by atoms with Crippen LogP contribution in [0.4, 0.5) is 0 Å². The molecule has 0 N–H and O–H groups in total. The van der Waals surface area contributed by atoms with Crippen LogP contribution >= 0.6 is 0 Å². The zero-order valence-electron chi connectivity index (χ0n) is 22.0. The molecule has 8 nitrogen and oxygen atoms in total. The second kappa shape index (κ2) is 10.1. The highest BCUT2D eigenvalue weighted by Crippen LogP contribution is 2.48. The molecule has 40 heavy (non-hydrogen) atoms. The maximum Gasteiger partial charge on any atom is 0.135 e. The average Bonchev–Trinajstić information content (AvgIpc) is 3.82. The molecule has 0 saturated carbocycles. The minimum absolute atomic E-state index is 0.106. The van der Waals surface area contributed by atoms with Crippen molar-refractivity contribution in [3.8, 4) is 34.1 Å². The number of epoxide rings is 4. The summed E-state index contributed by atoms with van der Waals surface area (Å²) in [5.41, 5.74) is 1.82. The molecule has 4 unspecified atom stereocenters. The lowest BCUT2D eigenvalue weighted by Crippen LogP contribution is -2.09. The smallest absolute Gasteiger partial charge is 0.135 e. The highest BCUT2D eigenvalue weighted by atomic mass is 16.6. The molecule has 4 atom stereocenters. The van der Waals surface area contributed by atoms with E-state index in [9.17, 15) is 0 Å². The van der Waals surface area contributed by atoms with Crippen molar-refractivity contribution in [1.82, 2.24) is 0 Å². The van der Waals surface area contributed by atoms with Crippen molar-refractivity contribution in [3.63, 3.8) is 0 Å². The van der Waals surface area contributed by atoms with Gasteiger partial charge in [-0.15, -0.1) is 0 Å². The molecular formula is C32H30O8. The first kappa shape index (κ1) is 24.3. The molecule has 4 fully saturated rings. The predicted molar refractivity (Wildman–Crippen MR) is 148 cm³/mol. The molecule has 0 amide bonds. The molecule has 0 bridgehead atoms. The van der Waals surface area contributed by atoms with Crippen molar-refractivity contribution < 1.29 is 37.9 Å². The van der Waals surface area contributed by atoms with Gasteiger partial charge in [-0.1, -0.05) is 36.4 Å². The van der Waals surface area contributed by atoms with E-state index in [0.717, 1.165) is 75.5 Å². The van der Waals surface area contributed by atoms with Gasteiger partial charge in [0.05, 0.1) is 26.4 Å². The summed E-state index contributed by atoms with van der Waals surface area (Å²) in [5, 5.41) is 4.03. The molecule has 4 saturated heterocycles. The molecule has 0 spiro atoms. The predicted octanol–water partition coefficient (Wildman–Crippen LogP) is 4.77. The van der Waals surface area contributed by atoms with Crippen molar-refractivity contribution in [2.24, 2.45) is 0 Å². The van der Waals surface area contributed by atoms with Crippen LogP contribution in [-0.4, -0.2) is 77.3 Å². The SMILES string of the molecule is c1ccc2c(OCC3CO3)c(-c3c(OCC4CO4)ccc4ccc(OCC5CO5)cc34)cc(OCC3CO3)c2c1. The summed E-state index contributed by atoms with van der Waals surface area (Å²) in [7, 11) is 0. The van der Waals surface area contributed by atoms with Gasteiger partial charge in [-0.3, -0.25) is 0 Å². The van der Waals surface area contributed by atoms with Crippen molar-refractivity contribution in [2.45, 2.75) is 24.4 Å². The van der Waals surface area contributed by atoms with Crippen LogP contribution in [0.2, 0.25) is 0 Å². The fourth-order valence-electron chi connectivity index (χ4n) is 4.93.